The first-order chi connectivity index (χ1) is 9.58. The first-order valence-corrected chi connectivity index (χ1v) is 7.34. The van der Waals surface area contributed by atoms with Crippen LogP contribution in [0.5, 0.6) is 0 Å². The topological polar surface area (TPSA) is 70.6 Å². The van der Waals surface area contributed by atoms with Gasteiger partial charge in [-0.05, 0) is 10.7 Å². The zero-order chi connectivity index (χ0) is 15.0. The van der Waals surface area contributed by atoms with Gasteiger partial charge in [-0.3, -0.25) is 0 Å². The van der Waals surface area contributed by atoms with Crippen molar-refractivity contribution < 1.29 is 18.0 Å². The first-order valence-electron chi connectivity index (χ1n) is 5.11. The normalized spacial score (nSPS) is 12.3. The molecule has 0 radical (unpaired) electrons. The minimum absolute atomic E-state index is 0.0366. The fourth-order valence-electron chi connectivity index (χ4n) is 1.05. The third-order valence-corrected chi connectivity index (χ3v) is 4.77. The zero-order valence-electron chi connectivity index (χ0n) is 10.2. The lowest BCUT2D eigenvalue weighted by Gasteiger charge is -2.00. The first kappa shape index (κ1) is 16.3. The zero-order valence-corrected chi connectivity index (χ0v) is 11.8. The number of hydrogen-bond acceptors (Lipinski definition) is 6. The van der Waals surface area contributed by atoms with Crippen LogP contribution in [0.25, 0.3) is 0 Å². The molecule has 0 saturated heterocycles. The van der Waals surface area contributed by atoms with Gasteiger partial charge >= 0.3 is 6.08 Å². The summed E-state index contributed by atoms with van der Waals surface area (Å²) in [5, 5.41) is 13.8. The molecule has 10 heteroatoms. The number of rotatable bonds is 6. The second kappa shape index (κ2) is 8.44. The van der Waals surface area contributed by atoms with E-state index in [0.29, 0.717) is 10.0 Å². The molecule has 0 N–H and O–H groups in total. The van der Waals surface area contributed by atoms with Crippen LogP contribution in [-0.2, 0) is 15.5 Å². The van der Waals surface area contributed by atoms with Gasteiger partial charge in [0.15, 0.2) is 10.2 Å². The maximum atomic E-state index is 12.8. The predicted molar refractivity (Wildman–Crippen MR) is 70.2 cm³/mol. The van der Waals surface area contributed by atoms with Crippen molar-refractivity contribution in [2.75, 3.05) is 12.9 Å². The Kier molecular flexibility index (Phi) is 6.89. The van der Waals surface area contributed by atoms with Gasteiger partial charge in [-0.2, -0.15) is 14.0 Å². The van der Waals surface area contributed by atoms with Crippen LogP contribution in [-0.4, -0.2) is 24.1 Å². The van der Waals surface area contributed by atoms with Crippen molar-refractivity contribution in [3.63, 3.8) is 0 Å². The second-order valence-corrected chi connectivity index (χ2v) is 5.95. The van der Waals surface area contributed by atoms with Gasteiger partial charge in [-0.1, -0.05) is 5.16 Å². The summed E-state index contributed by atoms with van der Waals surface area (Å²) >= 11 is 1.19. The van der Waals surface area contributed by atoms with Gasteiger partial charge in [0.05, 0.1) is 11.9 Å². The summed E-state index contributed by atoms with van der Waals surface area (Å²) in [7, 11) is 0.327. The van der Waals surface area contributed by atoms with Crippen molar-refractivity contribution in [2.24, 2.45) is 9.52 Å². The highest BCUT2D eigenvalue weighted by Gasteiger charge is 2.11. The van der Waals surface area contributed by atoms with Crippen LogP contribution in [0.15, 0.2) is 31.1 Å². The van der Waals surface area contributed by atoms with E-state index in [2.05, 4.69) is 19.3 Å². The molecule has 0 spiro atoms. The minimum Gasteiger partial charge on any atom is -0.399 e. The number of hydrogen-bond donors (Lipinski definition) is 0. The van der Waals surface area contributed by atoms with Crippen molar-refractivity contribution in [3.05, 3.63) is 23.0 Å². The number of nitriles is 1. The Morgan fingerprint density at radius 1 is 1.60 bits per heavy atom. The fourth-order valence-corrected chi connectivity index (χ4v) is 3.51. The van der Waals surface area contributed by atoms with Crippen LogP contribution >= 0.6 is 11.3 Å². The van der Waals surface area contributed by atoms with Gasteiger partial charge in [0, 0.05) is 17.6 Å². The van der Waals surface area contributed by atoms with Crippen LogP contribution in [0, 0.1) is 11.5 Å². The molecule has 108 valence electrons. The Balaban J connectivity index is 2.85. The van der Waals surface area contributed by atoms with E-state index in [-0.39, 0.29) is 5.75 Å². The molecule has 1 unspecified atom stereocenters. The second-order valence-electron chi connectivity index (χ2n) is 3.13. The molecule has 1 rings (SSSR count). The maximum absolute atomic E-state index is 12.8. The standard InChI is InChI=1S/C10H9F3N4OS2/c1-18-15-4-7-5-19-10(17-7)20(16-6-14)3-2-8(11)9(12)13/h4-5H,2-3H2,1H3/b15-4+. The van der Waals surface area contributed by atoms with E-state index in [9.17, 15) is 13.2 Å². The summed E-state index contributed by atoms with van der Waals surface area (Å²) in [5.74, 6) is -1.53. The third-order valence-electron chi connectivity index (χ3n) is 1.86. The highest BCUT2D eigenvalue weighted by molar-refractivity contribution is 7.89. The lowest BCUT2D eigenvalue weighted by molar-refractivity contribution is 0.215. The van der Waals surface area contributed by atoms with Crippen LogP contribution in [0.4, 0.5) is 13.2 Å². The molecule has 5 nitrogen and oxygen atoms in total. The number of nitrogens with zero attached hydrogens (tertiary/aromatic N) is 4. The van der Waals surface area contributed by atoms with Gasteiger partial charge in [0.25, 0.3) is 0 Å². The minimum atomic E-state index is -2.35. The van der Waals surface area contributed by atoms with E-state index >= 15 is 0 Å². The van der Waals surface area contributed by atoms with Gasteiger partial charge in [-0.25, -0.2) is 9.37 Å². The molecule has 0 fully saturated rings. The molecule has 1 heterocycles. The van der Waals surface area contributed by atoms with Gasteiger partial charge in [-0.15, -0.1) is 15.7 Å². The summed E-state index contributed by atoms with van der Waals surface area (Å²) in [6.07, 6.45) is 0.110. The average molecular weight is 322 g/mol. The van der Waals surface area contributed by atoms with Gasteiger partial charge in [0.1, 0.15) is 7.11 Å². The smallest absolute Gasteiger partial charge is 0.301 e. The van der Waals surface area contributed by atoms with Crippen LogP contribution in [0.3, 0.4) is 0 Å². The molecule has 0 aliphatic carbocycles. The summed E-state index contributed by atoms with van der Waals surface area (Å²) in [4.78, 5) is 8.61. The maximum Gasteiger partial charge on any atom is 0.301 e. The number of thiazole rings is 1. The summed E-state index contributed by atoms with van der Waals surface area (Å²) in [6, 6.07) is 0. The van der Waals surface area contributed by atoms with Crippen molar-refractivity contribution in [1.82, 2.24) is 4.98 Å². The van der Waals surface area contributed by atoms with Crippen molar-refractivity contribution in [3.8, 4) is 6.19 Å². The number of halogens is 3. The molecule has 20 heavy (non-hydrogen) atoms. The Bertz CT molecular complexity index is 588. The van der Waals surface area contributed by atoms with E-state index in [1.165, 1.54) is 24.7 Å². The molecule has 0 aliphatic rings. The molecule has 1 aromatic rings. The molecule has 0 bridgehead atoms. The molecular weight excluding hydrogens is 313 g/mol. The third kappa shape index (κ3) is 5.10. The molecular formula is C10H9F3N4OS2. The molecule has 1 aromatic heterocycles. The Labute approximate surface area is 119 Å². The fraction of sp³-hybridized carbons (Fsp3) is 0.300. The Morgan fingerprint density at radius 2 is 2.35 bits per heavy atom. The van der Waals surface area contributed by atoms with E-state index in [1.807, 2.05) is 0 Å². The Hall–Kier alpha value is -1.73. The summed E-state index contributed by atoms with van der Waals surface area (Å²) < 4.78 is 40.8. The van der Waals surface area contributed by atoms with E-state index in [1.54, 1.807) is 11.6 Å². The molecule has 0 aromatic carbocycles. The lowest BCUT2D eigenvalue weighted by Crippen LogP contribution is -1.99. The van der Waals surface area contributed by atoms with Crippen molar-refractivity contribution >= 4 is 28.2 Å². The Morgan fingerprint density at radius 3 is 2.95 bits per heavy atom. The molecule has 0 aliphatic heterocycles. The number of oxime groups is 1. The van der Waals surface area contributed by atoms with Crippen molar-refractivity contribution in [2.45, 2.75) is 10.8 Å². The largest absolute Gasteiger partial charge is 0.399 e. The van der Waals surface area contributed by atoms with Crippen molar-refractivity contribution in [1.29, 1.82) is 5.26 Å². The SMILES string of the molecule is CO/N=C/c1csc(S(CCC(F)=C(F)F)=NC#N)n1. The van der Waals surface area contributed by atoms with E-state index < -0.39 is 29.0 Å². The van der Waals surface area contributed by atoms with Gasteiger partial charge in [0.2, 0.25) is 6.19 Å². The monoisotopic (exact) mass is 322 g/mol. The van der Waals surface area contributed by atoms with Gasteiger partial charge < -0.3 is 4.84 Å². The molecule has 0 saturated carbocycles. The molecule has 0 amide bonds. The highest BCUT2D eigenvalue weighted by atomic mass is 32.2. The highest BCUT2D eigenvalue weighted by Crippen LogP contribution is 2.19. The van der Waals surface area contributed by atoms with Crippen LogP contribution < -0.4 is 0 Å². The van der Waals surface area contributed by atoms with E-state index in [4.69, 9.17) is 5.26 Å². The average Bonchev–Trinajstić information content (AvgIpc) is 2.89. The number of aromatic nitrogens is 1. The predicted octanol–water partition coefficient (Wildman–Crippen LogP) is 3.23. The summed E-state index contributed by atoms with van der Waals surface area (Å²) in [6.45, 7) is 0. The summed E-state index contributed by atoms with van der Waals surface area (Å²) in [5.41, 5.74) is 0.491. The van der Waals surface area contributed by atoms with Crippen LogP contribution in [0.2, 0.25) is 0 Å². The van der Waals surface area contributed by atoms with E-state index in [0.717, 1.165) is 0 Å². The number of allylic oxidation sites excluding steroid dienone is 1. The van der Waals surface area contributed by atoms with Crippen LogP contribution in [0.1, 0.15) is 12.1 Å². The lowest BCUT2D eigenvalue weighted by atomic mass is 10.4. The molecule has 1 atom stereocenters. The quantitative estimate of drug-likeness (QED) is 0.458.